The summed E-state index contributed by atoms with van der Waals surface area (Å²) in [6, 6.07) is 29.6. The maximum absolute atomic E-state index is 6.04. The molecule has 0 nitrogen and oxygen atoms in total. The molecule has 0 aliphatic carbocycles. The topological polar surface area (TPSA) is 0 Å². The van der Waals surface area contributed by atoms with Gasteiger partial charge in [0.25, 0.3) is 0 Å². The fourth-order valence-electron chi connectivity index (χ4n) is 3.90. The molecule has 0 N–H and O–H groups in total. The van der Waals surface area contributed by atoms with Crippen molar-refractivity contribution in [3.8, 4) is 22.3 Å². The molecule has 2 heterocycles. The van der Waals surface area contributed by atoms with Gasteiger partial charge in [0.05, 0.1) is 9.40 Å². The molecule has 0 saturated carbocycles. The minimum Gasteiger partial charge on any atom is -0.134 e. The highest BCUT2D eigenvalue weighted by Gasteiger charge is 2.13. The average molecular weight is 461 g/mol. The third-order valence-electron chi connectivity index (χ3n) is 5.44. The highest BCUT2D eigenvalue weighted by Crippen LogP contribution is 2.45. The molecule has 0 amide bonds. The van der Waals surface area contributed by atoms with E-state index in [1.807, 2.05) is 46.9 Å². The SMILES string of the molecule is Clc1ccc(-c2ccc3c(c2)sc2c4ccc(-c5ccc(Cl)cc5)cc4sc32)cc1. The zero-order valence-corrected chi connectivity index (χ0v) is 18.8. The van der Waals surface area contributed by atoms with Crippen molar-refractivity contribution in [2.24, 2.45) is 0 Å². The van der Waals surface area contributed by atoms with Crippen molar-refractivity contribution < 1.29 is 0 Å². The van der Waals surface area contributed by atoms with Gasteiger partial charge in [0, 0.05) is 30.2 Å². The summed E-state index contributed by atoms with van der Waals surface area (Å²) in [7, 11) is 0. The molecule has 4 heteroatoms. The first-order valence-electron chi connectivity index (χ1n) is 9.56. The van der Waals surface area contributed by atoms with Crippen LogP contribution in [0.2, 0.25) is 10.0 Å². The summed E-state index contributed by atoms with van der Waals surface area (Å²) in [4.78, 5) is 0. The standard InChI is InChI=1S/C26H14Cl2S2/c27-19-7-1-15(2-8-19)17-5-11-21-23(13-17)29-26-22-12-6-18(14-24(22)30-25(21)26)16-3-9-20(28)10-4-16/h1-14H. The number of hydrogen-bond donors (Lipinski definition) is 0. The third-order valence-corrected chi connectivity index (χ3v) is 8.44. The van der Waals surface area contributed by atoms with Gasteiger partial charge in [0.15, 0.2) is 0 Å². The van der Waals surface area contributed by atoms with Crippen LogP contribution in [0, 0.1) is 0 Å². The Bertz CT molecular complexity index is 1420. The van der Waals surface area contributed by atoms with Crippen molar-refractivity contribution in [3.05, 3.63) is 95.0 Å². The molecule has 0 unspecified atom stereocenters. The molecule has 0 atom stereocenters. The second-order valence-corrected chi connectivity index (χ2v) is 10.3. The van der Waals surface area contributed by atoms with Gasteiger partial charge in [-0.3, -0.25) is 0 Å². The molecule has 0 aliphatic heterocycles. The fourth-order valence-corrected chi connectivity index (χ4v) is 6.88. The molecule has 30 heavy (non-hydrogen) atoms. The van der Waals surface area contributed by atoms with E-state index in [4.69, 9.17) is 23.2 Å². The van der Waals surface area contributed by atoms with Crippen LogP contribution < -0.4 is 0 Å². The second-order valence-electron chi connectivity index (χ2n) is 7.30. The highest BCUT2D eigenvalue weighted by molar-refractivity contribution is 7.36. The second kappa shape index (κ2) is 7.11. The molecular formula is C26H14Cl2S2. The molecule has 0 bridgehead atoms. The van der Waals surface area contributed by atoms with Crippen LogP contribution in [-0.4, -0.2) is 0 Å². The Labute approximate surface area is 191 Å². The van der Waals surface area contributed by atoms with Gasteiger partial charge in [-0.1, -0.05) is 71.7 Å². The van der Waals surface area contributed by atoms with E-state index in [0.717, 1.165) is 10.0 Å². The minimum atomic E-state index is 0.765. The Morgan fingerprint density at radius 1 is 0.433 bits per heavy atom. The molecular weight excluding hydrogens is 447 g/mol. The summed E-state index contributed by atoms with van der Waals surface area (Å²) in [5.74, 6) is 0. The summed E-state index contributed by atoms with van der Waals surface area (Å²) in [5, 5.41) is 4.20. The normalized spacial score (nSPS) is 11.7. The van der Waals surface area contributed by atoms with Crippen molar-refractivity contribution in [2.45, 2.75) is 0 Å². The smallest absolute Gasteiger partial charge is 0.0542 e. The number of hydrogen-bond acceptors (Lipinski definition) is 2. The molecule has 4 aromatic carbocycles. The van der Waals surface area contributed by atoms with E-state index in [0.29, 0.717) is 0 Å². The van der Waals surface area contributed by atoms with Gasteiger partial charge in [-0.25, -0.2) is 0 Å². The summed E-state index contributed by atoms with van der Waals surface area (Å²) in [6.07, 6.45) is 0. The van der Waals surface area contributed by atoms with Crippen LogP contribution in [-0.2, 0) is 0 Å². The molecule has 0 radical (unpaired) electrons. The summed E-state index contributed by atoms with van der Waals surface area (Å²) >= 11 is 15.8. The maximum Gasteiger partial charge on any atom is 0.0542 e. The Morgan fingerprint density at radius 3 is 1.20 bits per heavy atom. The summed E-state index contributed by atoms with van der Waals surface area (Å²) in [6.45, 7) is 0. The van der Waals surface area contributed by atoms with Crippen LogP contribution in [0.15, 0.2) is 84.9 Å². The largest absolute Gasteiger partial charge is 0.134 e. The number of rotatable bonds is 2. The maximum atomic E-state index is 6.04. The van der Waals surface area contributed by atoms with Gasteiger partial charge < -0.3 is 0 Å². The monoisotopic (exact) mass is 460 g/mol. The van der Waals surface area contributed by atoms with E-state index in [1.54, 1.807) is 0 Å². The molecule has 0 fully saturated rings. The lowest BCUT2D eigenvalue weighted by molar-refractivity contribution is 1.66. The molecule has 2 aromatic heterocycles. The minimum absolute atomic E-state index is 0.765. The first-order chi connectivity index (χ1) is 14.7. The fraction of sp³-hybridized carbons (Fsp3) is 0. The third kappa shape index (κ3) is 3.03. The predicted molar refractivity (Wildman–Crippen MR) is 136 cm³/mol. The van der Waals surface area contributed by atoms with Gasteiger partial charge in [0.1, 0.15) is 0 Å². The zero-order valence-electron chi connectivity index (χ0n) is 15.7. The van der Waals surface area contributed by atoms with E-state index >= 15 is 0 Å². The highest BCUT2D eigenvalue weighted by atomic mass is 35.5. The van der Waals surface area contributed by atoms with Gasteiger partial charge >= 0.3 is 0 Å². The number of halogens is 2. The summed E-state index contributed by atoms with van der Waals surface area (Å²) < 4.78 is 5.40. The summed E-state index contributed by atoms with van der Waals surface area (Å²) in [5.41, 5.74) is 4.83. The first-order valence-corrected chi connectivity index (χ1v) is 12.0. The lowest BCUT2D eigenvalue weighted by Crippen LogP contribution is -1.76. The Balaban J connectivity index is 1.48. The Morgan fingerprint density at radius 2 is 0.800 bits per heavy atom. The van der Waals surface area contributed by atoms with Crippen LogP contribution in [0.1, 0.15) is 0 Å². The van der Waals surface area contributed by atoms with Crippen molar-refractivity contribution >= 4 is 75.4 Å². The van der Waals surface area contributed by atoms with Crippen LogP contribution in [0.4, 0.5) is 0 Å². The Hall–Kier alpha value is -2.36. The van der Waals surface area contributed by atoms with E-state index in [2.05, 4.69) is 60.7 Å². The average Bonchev–Trinajstić information content (AvgIpc) is 3.29. The number of fused-ring (bicyclic) bond motifs is 5. The molecule has 0 saturated heterocycles. The van der Waals surface area contributed by atoms with Crippen molar-refractivity contribution in [1.29, 1.82) is 0 Å². The van der Waals surface area contributed by atoms with Gasteiger partial charge in [0.2, 0.25) is 0 Å². The predicted octanol–water partition coefficient (Wildman–Crippen LogP) is 9.91. The van der Waals surface area contributed by atoms with E-state index < -0.39 is 0 Å². The lowest BCUT2D eigenvalue weighted by Gasteiger charge is -2.03. The van der Waals surface area contributed by atoms with Crippen LogP contribution in [0.25, 0.3) is 51.8 Å². The number of benzene rings is 4. The van der Waals surface area contributed by atoms with E-state index in [-0.39, 0.29) is 0 Å². The van der Waals surface area contributed by atoms with Crippen LogP contribution in [0.3, 0.4) is 0 Å². The van der Waals surface area contributed by atoms with Gasteiger partial charge in [-0.05, 0) is 58.7 Å². The van der Waals surface area contributed by atoms with E-state index in [1.165, 1.54) is 51.8 Å². The van der Waals surface area contributed by atoms with Gasteiger partial charge in [-0.15, -0.1) is 22.7 Å². The van der Waals surface area contributed by atoms with Gasteiger partial charge in [-0.2, -0.15) is 0 Å². The van der Waals surface area contributed by atoms with Crippen molar-refractivity contribution in [2.75, 3.05) is 0 Å². The van der Waals surface area contributed by atoms with Crippen LogP contribution >= 0.6 is 45.9 Å². The molecule has 6 aromatic rings. The lowest BCUT2D eigenvalue weighted by atomic mass is 10.0. The van der Waals surface area contributed by atoms with E-state index in [9.17, 15) is 0 Å². The van der Waals surface area contributed by atoms with Crippen molar-refractivity contribution in [3.63, 3.8) is 0 Å². The quantitative estimate of drug-likeness (QED) is 0.241. The molecule has 0 spiro atoms. The molecule has 144 valence electrons. The molecule has 6 rings (SSSR count). The zero-order chi connectivity index (χ0) is 20.2. The first kappa shape index (κ1) is 18.4. The Kier molecular flexibility index (Phi) is 4.36. The number of thiophene rings is 2. The molecule has 0 aliphatic rings. The van der Waals surface area contributed by atoms with Crippen LogP contribution in [0.5, 0.6) is 0 Å². The van der Waals surface area contributed by atoms with Crippen molar-refractivity contribution in [1.82, 2.24) is 0 Å².